The molecule has 0 heterocycles. The zero-order valence-electron chi connectivity index (χ0n) is 17.9. The summed E-state index contributed by atoms with van der Waals surface area (Å²) in [5.41, 5.74) is 0.534. The fourth-order valence-electron chi connectivity index (χ4n) is 2.99. The number of hydrogen-bond donors (Lipinski definition) is 1. The first-order chi connectivity index (χ1) is 15.8. The first-order valence-electron chi connectivity index (χ1n) is 9.89. The number of ether oxygens (including phenoxy) is 1. The van der Waals surface area contributed by atoms with Crippen LogP contribution in [0.3, 0.4) is 0 Å². The third-order valence-electron chi connectivity index (χ3n) is 4.60. The third kappa shape index (κ3) is 6.14. The van der Waals surface area contributed by atoms with Gasteiger partial charge in [-0.2, -0.15) is 0 Å². The molecule has 6 nitrogen and oxygen atoms in total. The number of para-hydroxylation sites is 1. The quantitative estimate of drug-likeness (QED) is 0.350. The van der Waals surface area contributed by atoms with Crippen molar-refractivity contribution in [1.82, 2.24) is 0 Å². The number of carbonyl (C=O) groups excluding carboxylic acids is 1. The summed E-state index contributed by atoms with van der Waals surface area (Å²) < 4.78 is 33.5. The van der Waals surface area contributed by atoms with Crippen molar-refractivity contribution in [3.05, 3.63) is 76.8 Å². The normalized spacial score (nSPS) is 11.2. The molecule has 0 aliphatic rings. The average Bonchev–Trinajstić information content (AvgIpc) is 2.81. The maximum absolute atomic E-state index is 13.5. The van der Waals surface area contributed by atoms with E-state index in [0.717, 1.165) is 9.20 Å². The van der Waals surface area contributed by atoms with Crippen LogP contribution in [0, 0.1) is 0 Å². The van der Waals surface area contributed by atoms with E-state index < -0.39 is 22.5 Å². The minimum Gasteiger partial charge on any atom is -0.494 e. The van der Waals surface area contributed by atoms with Gasteiger partial charge in [-0.25, -0.2) is 8.42 Å². The van der Waals surface area contributed by atoms with Crippen molar-refractivity contribution in [2.45, 2.75) is 16.7 Å². The summed E-state index contributed by atoms with van der Waals surface area (Å²) in [6, 6.07) is 17.8. The van der Waals surface area contributed by atoms with Gasteiger partial charge in [-0.05, 0) is 73.8 Å². The number of nitrogens with zero attached hydrogens (tertiary/aromatic N) is 1. The number of benzene rings is 3. The van der Waals surface area contributed by atoms with Crippen molar-refractivity contribution in [2.24, 2.45) is 0 Å². The number of amides is 1. The van der Waals surface area contributed by atoms with E-state index in [-0.39, 0.29) is 20.6 Å². The maximum Gasteiger partial charge on any atom is 0.264 e. The van der Waals surface area contributed by atoms with Gasteiger partial charge in [-0.3, -0.25) is 9.10 Å². The molecule has 0 aliphatic carbocycles. The lowest BCUT2D eigenvalue weighted by atomic mass is 10.3. The van der Waals surface area contributed by atoms with Gasteiger partial charge in [0.25, 0.3) is 10.0 Å². The molecule has 0 aliphatic heterocycles. The molecule has 0 spiro atoms. The SMILES string of the molecule is CCOc1ccc(N(CC(=O)Nc2c(Cl)cccc2Cl)S(=O)(=O)c2ccc(SC)cc2)cc1. The summed E-state index contributed by atoms with van der Waals surface area (Å²) in [5, 5.41) is 3.11. The Morgan fingerprint density at radius 3 is 2.15 bits per heavy atom. The number of nitrogens with one attached hydrogen (secondary N) is 1. The van der Waals surface area contributed by atoms with Gasteiger partial charge >= 0.3 is 0 Å². The third-order valence-corrected chi connectivity index (χ3v) is 7.76. The van der Waals surface area contributed by atoms with Gasteiger partial charge in [0.15, 0.2) is 0 Å². The lowest BCUT2D eigenvalue weighted by Gasteiger charge is -2.24. The average molecular weight is 525 g/mol. The van der Waals surface area contributed by atoms with E-state index >= 15 is 0 Å². The molecular formula is C23H22Cl2N2O4S2. The number of sulfonamides is 1. The summed E-state index contributed by atoms with van der Waals surface area (Å²) in [6.45, 7) is 1.85. The first kappa shape index (κ1) is 25.2. The topological polar surface area (TPSA) is 75.7 Å². The molecule has 174 valence electrons. The molecule has 0 saturated carbocycles. The van der Waals surface area contributed by atoms with Crippen LogP contribution in [0.15, 0.2) is 76.5 Å². The van der Waals surface area contributed by atoms with Gasteiger partial charge in [0.1, 0.15) is 12.3 Å². The van der Waals surface area contributed by atoms with Crippen LogP contribution >= 0.6 is 35.0 Å². The molecule has 0 aromatic heterocycles. The Hall–Kier alpha value is -2.39. The van der Waals surface area contributed by atoms with E-state index in [0.29, 0.717) is 18.0 Å². The Bertz CT molecular complexity index is 1200. The molecule has 33 heavy (non-hydrogen) atoms. The zero-order chi connectivity index (χ0) is 24.0. The Morgan fingerprint density at radius 2 is 1.61 bits per heavy atom. The predicted molar refractivity (Wildman–Crippen MR) is 135 cm³/mol. The zero-order valence-corrected chi connectivity index (χ0v) is 21.1. The molecular weight excluding hydrogens is 503 g/mol. The molecule has 0 fully saturated rings. The van der Waals surface area contributed by atoms with Gasteiger partial charge in [0.2, 0.25) is 5.91 Å². The second kappa shape index (κ2) is 11.2. The molecule has 0 saturated heterocycles. The van der Waals surface area contributed by atoms with Gasteiger partial charge in [-0.1, -0.05) is 29.3 Å². The van der Waals surface area contributed by atoms with Crippen LogP contribution in [-0.2, 0) is 14.8 Å². The molecule has 0 radical (unpaired) electrons. The fourth-order valence-corrected chi connectivity index (χ4v) is 5.31. The summed E-state index contributed by atoms with van der Waals surface area (Å²) >= 11 is 13.8. The van der Waals surface area contributed by atoms with Crippen molar-refractivity contribution in [3.63, 3.8) is 0 Å². The van der Waals surface area contributed by atoms with Crippen LogP contribution in [0.25, 0.3) is 0 Å². The largest absolute Gasteiger partial charge is 0.494 e. The van der Waals surface area contributed by atoms with Crippen molar-refractivity contribution >= 4 is 62.3 Å². The standard InChI is InChI=1S/C23H22Cl2N2O4S2/c1-3-31-17-9-7-16(8-10-17)27(33(29,30)19-13-11-18(32-2)12-14-19)15-22(28)26-23-20(24)5-4-6-21(23)25/h4-14H,3,15H2,1-2H3,(H,26,28). The van der Waals surface area contributed by atoms with E-state index in [2.05, 4.69) is 5.32 Å². The van der Waals surface area contributed by atoms with Crippen molar-refractivity contribution in [1.29, 1.82) is 0 Å². The first-order valence-corrected chi connectivity index (χ1v) is 13.3. The van der Waals surface area contributed by atoms with Gasteiger partial charge < -0.3 is 10.1 Å². The van der Waals surface area contributed by atoms with E-state index in [4.69, 9.17) is 27.9 Å². The highest BCUT2D eigenvalue weighted by Crippen LogP contribution is 2.31. The summed E-state index contributed by atoms with van der Waals surface area (Å²) in [4.78, 5) is 13.9. The van der Waals surface area contributed by atoms with Crippen molar-refractivity contribution in [3.8, 4) is 5.75 Å². The number of thioether (sulfide) groups is 1. The minimum atomic E-state index is -4.06. The smallest absolute Gasteiger partial charge is 0.264 e. The Labute approximate surface area is 207 Å². The van der Waals surface area contributed by atoms with Gasteiger partial charge in [0, 0.05) is 4.90 Å². The molecule has 0 bridgehead atoms. The second-order valence-corrected chi connectivity index (χ2v) is 10.3. The monoisotopic (exact) mass is 524 g/mol. The van der Waals surface area contributed by atoms with Gasteiger partial charge in [0.05, 0.1) is 32.9 Å². The Kier molecular flexibility index (Phi) is 8.53. The molecule has 3 aromatic rings. The number of rotatable bonds is 9. The number of anilines is 2. The number of hydrogen-bond acceptors (Lipinski definition) is 5. The Balaban J connectivity index is 1.96. The highest BCUT2D eigenvalue weighted by molar-refractivity contribution is 7.98. The fraction of sp³-hybridized carbons (Fsp3) is 0.174. The maximum atomic E-state index is 13.5. The van der Waals surface area contributed by atoms with E-state index in [9.17, 15) is 13.2 Å². The Morgan fingerprint density at radius 1 is 1.00 bits per heavy atom. The highest BCUT2D eigenvalue weighted by Gasteiger charge is 2.28. The summed E-state index contributed by atoms with van der Waals surface area (Å²) in [5.74, 6) is -0.00147. The van der Waals surface area contributed by atoms with Crippen LogP contribution < -0.4 is 14.4 Å². The molecule has 0 unspecified atom stereocenters. The summed E-state index contributed by atoms with van der Waals surface area (Å²) in [7, 11) is -4.06. The van der Waals surface area contributed by atoms with Crippen LogP contribution in [-0.4, -0.2) is 33.7 Å². The van der Waals surface area contributed by atoms with Crippen LogP contribution in [0.4, 0.5) is 11.4 Å². The van der Waals surface area contributed by atoms with Crippen LogP contribution in [0.2, 0.25) is 10.0 Å². The molecule has 1 N–H and O–H groups in total. The second-order valence-electron chi connectivity index (χ2n) is 6.76. The van der Waals surface area contributed by atoms with E-state index in [1.165, 1.54) is 23.9 Å². The number of carbonyl (C=O) groups is 1. The van der Waals surface area contributed by atoms with E-state index in [1.54, 1.807) is 54.6 Å². The molecule has 1 amide bonds. The molecule has 3 aromatic carbocycles. The minimum absolute atomic E-state index is 0.0674. The summed E-state index contributed by atoms with van der Waals surface area (Å²) in [6.07, 6.45) is 1.90. The van der Waals surface area contributed by atoms with Crippen molar-refractivity contribution in [2.75, 3.05) is 29.0 Å². The number of halogens is 2. The highest BCUT2D eigenvalue weighted by atomic mass is 35.5. The lowest BCUT2D eigenvalue weighted by molar-refractivity contribution is -0.114. The van der Waals surface area contributed by atoms with Crippen LogP contribution in [0.5, 0.6) is 5.75 Å². The predicted octanol–water partition coefficient (Wildman–Crippen LogP) is 5.95. The van der Waals surface area contributed by atoms with Crippen molar-refractivity contribution < 1.29 is 17.9 Å². The van der Waals surface area contributed by atoms with Gasteiger partial charge in [-0.15, -0.1) is 11.8 Å². The lowest BCUT2D eigenvalue weighted by Crippen LogP contribution is -2.38. The van der Waals surface area contributed by atoms with Crippen LogP contribution in [0.1, 0.15) is 6.92 Å². The molecule has 0 atom stereocenters. The molecule has 3 rings (SSSR count). The molecule has 10 heteroatoms. The van der Waals surface area contributed by atoms with E-state index in [1.807, 2.05) is 13.2 Å².